The lowest BCUT2D eigenvalue weighted by Crippen LogP contribution is -2.68. The Kier molecular flexibility index (Phi) is 13.2. The van der Waals surface area contributed by atoms with Crippen LogP contribution in [0.25, 0.3) is 10.9 Å². The van der Waals surface area contributed by atoms with E-state index < -0.39 is 109 Å². The quantitative estimate of drug-likeness (QED) is 0.102. The van der Waals surface area contributed by atoms with Gasteiger partial charge >= 0.3 is 5.97 Å². The lowest BCUT2D eigenvalue weighted by atomic mass is 9.84. The summed E-state index contributed by atoms with van der Waals surface area (Å²) in [4.78, 5) is 30.5. The first-order chi connectivity index (χ1) is 29.6. The summed E-state index contributed by atoms with van der Waals surface area (Å²) in [5.41, 5.74) is 31.0. The number of fused-ring (bicyclic) bond motifs is 2. The van der Waals surface area contributed by atoms with E-state index in [2.05, 4.69) is 5.32 Å². The molecule has 0 bridgehead atoms. The molecule has 0 amide bonds. The van der Waals surface area contributed by atoms with Gasteiger partial charge < -0.3 is 92.3 Å². The number of piperidine rings is 1. The molecule has 0 spiro atoms. The van der Waals surface area contributed by atoms with Crippen molar-refractivity contribution < 1.29 is 58.0 Å². The number of hydrogen-bond acceptors (Lipinski definition) is 19. The number of aliphatic hydroxyl groups is 4. The average Bonchev–Trinajstić information content (AvgIpc) is 3.98. The Balaban J connectivity index is 1.02. The second-order valence-corrected chi connectivity index (χ2v) is 18.0. The number of esters is 1. The molecule has 2 aromatic rings. The van der Waals surface area contributed by atoms with Crippen LogP contribution in [0.1, 0.15) is 66.2 Å². The SMILES string of the molecule is COc1c(N2CC3CCCNC3C2)c(F)c(C)c2c(=O)c(C(=O)OC[C@H]3O[C@H](O[C@@H]4[C@@H](O)[C@H](O[C@H]5O[C@H](CN)[C@@H](O)C[C@H]5N)[C@@H](N)C[C@H]4N)[C@H](O)[C@@H](N)[C@@H]3O)c(C)n(C3CC3)c12. The van der Waals surface area contributed by atoms with Crippen LogP contribution in [0.2, 0.25) is 0 Å². The fourth-order valence-electron chi connectivity index (χ4n) is 10.3. The monoisotopic (exact) mass is 878 g/mol. The Morgan fingerprint density at radius 3 is 2.23 bits per heavy atom. The molecule has 2 aliphatic carbocycles. The van der Waals surface area contributed by atoms with Crippen LogP contribution in [0.4, 0.5) is 10.1 Å². The van der Waals surface area contributed by atoms with Crippen molar-refractivity contribution in [3.63, 3.8) is 0 Å². The van der Waals surface area contributed by atoms with Crippen molar-refractivity contribution in [2.75, 3.05) is 44.8 Å². The number of rotatable bonds is 11. The first kappa shape index (κ1) is 45.4. The van der Waals surface area contributed by atoms with Gasteiger partial charge in [-0.3, -0.25) is 4.79 Å². The highest BCUT2D eigenvalue weighted by atomic mass is 19.1. The predicted octanol–water partition coefficient (Wildman–Crippen LogP) is -2.83. The van der Waals surface area contributed by atoms with Crippen molar-refractivity contribution in [1.29, 1.82) is 0 Å². The lowest BCUT2D eigenvalue weighted by molar-refractivity contribution is -0.314. The summed E-state index contributed by atoms with van der Waals surface area (Å²) in [5, 5.41) is 47.5. The molecule has 62 heavy (non-hydrogen) atoms. The Morgan fingerprint density at radius 2 is 1.58 bits per heavy atom. The van der Waals surface area contributed by atoms with Crippen molar-refractivity contribution in [1.82, 2.24) is 9.88 Å². The molecule has 346 valence electrons. The first-order valence-corrected chi connectivity index (χ1v) is 21.7. The third-order valence-electron chi connectivity index (χ3n) is 13.8. The zero-order chi connectivity index (χ0) is 44.5. The van der Waals surface area contributed by atoms with Gasteiger partial charge in [0.2, 0.25) is 5.43 Å². The topological polar surface area (TPSA) is 321 Å². The van der Waals surface area contributed by atoms with E-state index in [9.17, 15) is 30.0 Å². The summed E-state index contributed by atoms with van der Waals surface area (Å²) in [6.45, 7) is 4.66. The van der Waals surface area contributed by atoms with Gasteiger partial charge in [-0.1, -0.05) is 0 Å². The Hall–Kier alpha value is -3.13. The number of aliphatic hydroxyl groups excluding tert-OH is 4. The number of ether oxygens (including phenoxy) is 6. The molecule has 16 atom stereocenters. The fourth-order valence-corrected chi connectivity index (χ4v) is 10.3. The van der Waals surface area contributed by atoms with E-state index in [-0.39, 0.29) is 53.7 Å². The Bertz CT molecular complexity index is 2030. The molecule has 2 unspecified atom stereocenters. The van der Waals surface area contributed by atoms with Crippen LogP contribution < -0.4 is 49.1 Å². The summed E-state index contributed by atoms with van der Waals surface area (Å²) in [6.07, 6.45) is -9.00. The van der Waals surface area contributed by atoms with Gasteiger partial charge in [-0.25, -0.2) is 9.18 Å². The second-order valence-electron chi connectivity index (χ2n) is 18.0. The second kappa shape index (κ2) is 18.0. The van der Waals surface area contributed by atoms with Gasteiger partial charge in [-0.15, -0.1) is 0 Å². The van der Waals surface area contributed by atoms with Gasteiger partial charge in [-0.2, -0.15) is 0 Å². The van der Waals surface area contributed by atoms with Crippen molar-refractivity contribution >= 4 is 22.6 Å². The van der Waals surface area contributed by atoms with Gasteiger partial charge in [0.1, 0.15) is 54.5 Å². The number of aryl methyl sites for hydroxylation is 1. The number of carbonyl (C=O) groups is 1. The molecule has 8 rings (SSSR count). The summed E-state index contributed by atoms with van der Waals surface area (Å²) < 4.78 is 54.0. The van der Waals surface area contributed by atoms with Crippen LogP contribution in [0.5, 0.6) is 5.75 Å². The number of pyridine rings is 1. The molecular weight excluding hydrogens is 815 g/mol. The number of nitrogens with one attached hydrogen (secondary N) is 1. The van der Waals surface area contributed by atoms with E-state index in [0.29, 0.717) is 35.9 Å². The maximum Gasteiger partial charge on any atom is 0.344 e. The van der Waals surface area contributed by atoms with Gasteiger partial charge in [0, 0.05) is 55.1 Å². The molecule has 4 saturated heterocycles. The Labute approximate surface area is 358 Å². The number of benzene rings is 1. The van der Waals surface area contributed by atoms with E-state index in [1.807, 2.05) is 9.47 Å². The summed E-state index contributed by atoms with van der Waals surface area (Å²) in [6, 6.07) is -3.71. The van der Waals surface area contributed by atoms with Crippen LogP contribution in [-0.4, -0.2) is 162 Å². The molecule has 6 fully saturated rings. The summed E-state index contributed by atoms with van der Waals surface area (Å²) in [5.74, 6) is -1.05. The Morgan fingerprint density at radius 1 is 0.903 bits per heavy atom. The van der Waals surface area contributed by atoms with Gasteiger partial charge in [-0.05, 0) is 64.8 Å². The van der Waals surface area contributed by atoms with Gasteiger partial charge in [0.05, 0.1) is 42.3 Å². The number of hydrogen-bond donors (Lipinski definition) is 10. The zero-order valence-corrected chi connectivity index (χ0v) is 35.3. The highest BCUT2D eigenvalue weighted by molar-refractivity contribution is 6.00. The normalized spacial score (nSPS) is 38.9. The predicted molar refractivity (Wildman–Crippen MR) is 221 cm³/mol. The highest BCUT2D eigenvalue weighted by Crippen LogP contribution is 2.47. The largest absolute Gasteiger partial charge is 0.492 e. The molecule has 6 aliphatic rings. The molecule has 1 aromatic carbocycles. The van der Waals surface area contributed by atoms with Crippen LogP contribution in [0, 0.1) is 25.6 Å². The molecule has 2 saturated carbocycles. The molecule has 4 aliphatic heterocycles. The van der Waals surface area contributed by atoms with Crippen LogP contribution >= 0.6 is 0 Å². The van der Waals surface area contributed by atoms with E-state index >= 15 is 4.39 Å². The van der Waals surface area contributed by atoms with Gasteiger partial charge in [0.15, 0.2) is 24.1 Å². The minimum absolute atomic E-state index is 0.00290. The van der Waals surface area contributed by atoms with Crippen molar-refractivity contribution in [2.24, 2.45) is 34.6 Å². The van der Waals surface area contributed by atoms with Crippen molar-refractivity contribution in [3.8, 4) is 5.75 Å². The summed E-state index contributed by atoms with van der Waals surface area (Å²) >= 11 is 0. The number of nitrogens with two attached hydrogens (primary N) is 5. The van der Waals surface area contributed by atoms with Crippen LogP contribution in [0.15, 0.2) is 4.79 Å². The summed E-state index contributed by atoms with van der Waals surface area (Å²) in [7, 11) is 1.46. The van der Waals surface area contributed by atoms with E-state index in [0.717, 1.165) is 32.2 Å². The smallest absolute Gasteiger partial charge is 0.344 e. The standard InChI is InChI=1S/C41H63FN8O12/c1-15-26-30(38(57-3)31(28(15)42)49-12-17-5-4-8-48-22(17)13-49)50(18-6-7-18)16(2)27(33(26)53)39(56)58-14-25-32(52)29(47)34(54)41(60-25)62-37-20(45)9-19(44)36(35(37)55)61-40-21(46)10-23(51)24(11-43)59-40/h17-25,29,32,34-37,40-41,48,51-52,54-55H,4-14,43-47H2,1-3H3/t17?,19-,20+,21+,22?,23-,24+,25+,29-,32+,34+,35-,36+,37-,40+,41+/m0/s1. The maximum absolute atomic E-state index is 16.7. The minimum Gasteiger partial charge on any atom is -0.492 e. The molecule has 0 radical (unpaired) electrons. The fraction of sp³-hybridized carbons (Fsp3) is 0.756. The number of halogens is 1. The maximum atomic E-state index is 16.7. The highest BCUT2D eigenvalue weighted by Gasteiger charge is 2.51. The third kappa shape index (κ3) is 8.12. The molecule has 20 nitrogen and oxygen atoms in total. The molecular formula is C41H63FN8O12. The van der Waals surface area contributed by atoms with Crippen molar-refractivity contribution in [2.45, 2.75) is 150 Å². The van der Waals surface area contributed by atoms with Gasteiger partial charge in [0.25, 0.3) is 0 Å². The zero-order valence-electron chi connectivity index (χ0n) is 35.3. The lowest BCUT2D eigenvalue weighted by Gasteiger charge is -2.47. The molecule has 15 N–H and O–H groups in total. The number of carbonyl (C=O) groups excluding carboxylic acids is 1. The number of methoxy groups -OCH3 is 1. The van der Waals surface area contributed by atoms with Crippen LogP contribution in [0.3, 0.4) is 0 Å². The van der Waals surface area contributed by atoms with Crippen LogP contribution in [-0.2, 0) is 23.7 Å². The first-order valence-electron chi connectivity index (χ1n) is 21.7. The van der Waals surface area contributed by atoms with E-state index in [4.69, 9.17) is 57.1 Å². The minimum atomic E-state index is -1.64. The van der Waals surface area contributed by atoms with E-state index in [1.165, 1.54) is 14.0 Å². The number of aromatic nitrogens is 1. The van der Waals surface area contributed by atoms with Crippen molar-refractivity contribution in [3.05, 3.63) is 32.9 Å². The average molecular weight is 879 g/mol. The molecule has 21 heteroatoms. The molecule has 5 heterocycles. The molecule has 1 aromatic heterocycles. The third-order valence-corrected chi connectivity index (χ3v) is 13.8. The van der Waals surface area contributed by atoms with E-state index in [1.54, 1.807) is 6.92 Å². The number of anilines is 1. The number of nitrogens with zero attached hydrogens (tertiary/aromatic N) is 2.